The van der Waals surface area contributed by atoms with Crippen molar-refractivity contribution in [3.8, 4) is 5.75 Å². The fourth-order valence-corrected chi connectivity index (χ4v) is 2.31. The van der Waals surface area contributed by atoms with Gasteiger partial charge in [-0.1, -0.05) is 30.3 Å². The number of ether oxygens (including phenoxy) is 1. The lowest BCUT2D eigenvalue weighted by Gasteiger charge is -2.12. The standard InChI is InChI=1S/C17H15FN2O/c18-15-7-2-8-16(14(15)10-19)21-11-13-5-1-4-12-6-3-9-20-17(12)13/h1-9H,10-11,19H2. The van der Waals surface area contributed by atoms with Crippen LogP contribution in [0, 0.1) is 5.82 Å². The highest BCUT2D eigenvalue weighted by Crippen LogP contribution is 2.23. The Morgan fingerprint density at radius 3 is 2.71 bits per heavy atom. The van der Waals surface area contributed by atoms with E-state index in [0.717, 1.165) is 16.5 Å². The summed E-state index contributed by atoms with van der Waals surface area (Å²) in [4.78, 5) is 4.37. The molecule has 4 heteroatoms. The Kier molecular flexibility index (Phi) is 3.79. The van der Waals surface area contributed by atoms with Gasteiger partial charge < -0.3 is 10.5 Å². The molecule has 1 heterocycles. The summed E-state index contributed by atoms with van der Waals surface area (Å²) in [7, 11) is 0. The van der Waals surface area contributed by atoms with E-state index in [1.807, 2.05) is 30.3 Å². The molecule has 0 saturated heterocycles. The summed E-state index contributed by atoms with van der Waals surface area (Å²) < 4.78 is 19.4. The van der Waals surface area contributed by atoms with Crippen molar-refractivity contribution in [1.29, 1.82) is 0 Å². The molecule has 2 aromatic carbocycles. The second-order valence-corrected chi connectivity index (χ2v) is 4.70. The fourth-order valence-electron chi connectivity index (χ4n) is 2.31. The highest BCUT2D eigenvalue weighted by Gasteiger charge is 2.09. The van der Waals surface area contributed by atoms with Crippen molar-refractivity contribution in [3.05, 3.63) is 71.7 Å². The van der Waals surface area contributed by atoms with Crippen LogP contribution in [0.3, 0.4) is 0 Å². The maximum Gasteiger partial charge on any atom is 0.131 e. The lowest BCUT2D eigenvalue weighted by Crippen LogP contribution is -2.05. The van der Waals surface area contributed by atoms with Crippen LogP contribution in [0.5, 0.6) is 5.75 Å². The Labute approximate surface area is 122 Å². The fraction of sp³-hybridized carbons (Fsp3) is 0.118. The summed E-state index contributed by atoms with van der Waals surface area (Å²) >= 11 is 0. The lowest BCUT2D eigenvalue weighted by atomic mass is 10.1. The van der Waals surface area contributed by atoms with Gasteiger partial charge in [-0.25, -0.2) is 4.39 Å². The average Bonchev–Trinajstić information content (AvgIpc) is 2.53. The van der Waals surface area contributed by atoms with Crippen molar-refractivity contribution in [3.63, 3.8) is 0 Å². The highest BCUT2D eigenvalue weighted by atomic mass is 19.1. The lowest BCUT2D eigenvalue weighted by molar-refractivity contribution is 0.302. The molecule has 0 bridgehead atoms. The number of nitrogens with two attached hydrogens (primary N) is 1. The zero-order valence-electron chi connectivity index (χ0n) is 11.4. The first-order valence-corrected chi connectivity index (χ1v) is 6.72. The van der Waals surface area contributed by atoms with Crippen molar-refractivity contribution >= 4 is 10.9 Å². The number of benzene rings is 2. The van der Waals surface area contributed by atoms with Crippen molar-refractivity contribution in [2.75, 3.05) is 0 Å². The first kappa shape index (κ1) is 13.5. The molecule has 3 rings (SSSR count). The van der Waals surface area contributed by atoms with Gasteiger partial charge in [-0.05, 0) is 18.2 Å². The third kappa shape index (κ3) is 2.71. The molecule has 21 heavy (non-hydrogen) atoms. The molecule has 0 spiro atoms. The van der Waals surface area contributed by atoms with E-state index in [0.29, 0.717) is 17.9 Å². The Bertz CT molecular complexity index is 768. The molecule has 0 saturated carbocycles. The Balaban J connectivity index is 1.89. The van der Waals surface area contributed by atoms with Gasteiger partial charge in [0.2, 0.25) is 0 Å². The van der Waals surface area contributed by atoms with Crippen molar-refractivity contribution in [1.82, 2.24) is 4.98 Å². The predicted octanol–water partition coefficient (Wildman–Crippen LogP) is 3.41. The molecular weight excluding hydrogens is 267 g/mol. The van der Waals surface area contributed by atoms with E-state index in [4.69, 9.17) is 10.5 Å². The summed E-state index contributed by atoms with van der Waals surface area (Å²) in [6, 6.07) is 14.5. The average molecular weight is 282 g/mol. The molecule has 3 nitrogen and oxygen atoms in total. The Morgan fingerprint density at radius 2 is 1.86 bits per heavy atom. The van der Waals surface area contributed by atoms with Crippen LogP contribution in [-0.4, -0.2) is 4.98 Å². The molecule has 0 aliphatic heterocycles. The number of halogens is 1. The molecule has 0 unspecified atom stereocenters. The molecule has 3 aromatic rings. The smallest absolute Gasteiger partial charge is 0.131 e. The van der Waals surface area contributed by atoms with Crippen molar-refractivity contribution in [2.24, 2.45) is 5.73 Å². The third-order valence-corrected chi connectivity index (χ3v) is 3.38. The first-order chi connectivity index (χ1) is 10.3. The minimum atomic E-state index is -0.342. The number of hydrogen-bond acceptors (Lipinski definition) is 3. The quantitative estimate of drug-likeness (QED) is 0.797. The van der Waals surface area contributed by atoms with E-state index in [1.54, 1.807) is 18.3 Å². The van der Waals surface area contributed by atoms with Crippen LogP contribution < -0.4 is 10.5 Å². The van der Waals surface area contributed by atoms with Crippen LogP contribution >= 0.6 is 0 Å². The van der Waals surface area contributed by atoms with Crippen LogP contribution in [0.1, 0.15) is 11.1 Å². The predicted molar refractivity (Wildman–Crippen MR) is 80.4 cm³/mol. The van der Waals surface area contributed by atoms with Gasteiger partial charge in [0.1, 0.15) is 18.2 Å². The van der Waals surface area contributed by atoms with Crippen LogP contribution in [0.25, 0.3) is 10.9 Å². The van der Waals surface area contributed by atoms with Gasteiger partial charge in [-0.3, -0.25) is 4.98 Å². The molecule has 0 radical (unpaired) electrons. The summed E-state index contributed by atoms with van der Waals surface area (Å²) in [6.07, 6.45) is 1.75. The molecule has 0 atom stereocenters. The maximum atomic E-state index is 13.7. The summed E-state index contributed by atoms with van der Waals surface area (Å²) in [6.45, 7) is 0.431. The van der Waals surface area contributed by atoms with Gasteiger partial charge in [0.05, 0.1) is 5.52 Å². The molecular formula is C17H15FN2O. The third-order valence-electron chi connectivity index (χ3n) is 3.38. The largest absolute Gasteiger partial charge is 0.488 e. The van der Waals surface area contributed by atoms with E-state index >= 15 is 0 Å². The topological polar surface area (TPSA) is 48.1 Å². The highest BCUT2D eigenvalue weighted by molar-refractivity contribution is 5.81. The van der Waals surface area contributed by atoms with E-state index in [-0.39, 0.29) is 12.4 Å². The summed E-state index contributed by atoms with van der Waals surface area (Å²) in [5.74, 6) is 0.136. The van der Waals surface area contributed by atoms with Gasteiger partial charge in [0.25, 0.3) is 0 Å². The summed E-state index contributed by atoms with van der Waals surface area (Å²) in [5, 5.41) is 1.05. The van der Waals surface area contributed by atoms with Crippen molar-refractivity contribution < 1.29 is 9.13 Å². The van der Waals surface area contributed by atoms with E-state index in [2.05, 4.69) is 4.98 Å². The van der Waals surface area contributed by atoms with Crippen molar-refractivity contribution in [2.45, 2.75) is 13.2 Å². The number of rotatable bonds is 4. The molecule has 0 aliphatic rings. The molecule has 2 N–H and O–H groups in total. The number of nitrogens with zero attached hydrogens (tertiary/aromatic N) is 1. The van der Waals surface area contributed by atoms with E-state index in [1.165, 1.54) is 6.07 Å². The molecule has 0 fully saturated rings. The SMILES string of the molecule is NCc1c(F)cccc1OCc1cccc2cccnc12. The zero-order chi connectivity index (χ0) is 14.7. The zero-order valence-corrected chi connectivity index (χ0v) is 11.4. The van der Waals surface area contributed by atoms with Gasteiger partial charge in [0.15, 0.2) is 0 Å². The minimum absolute atomic E-state index is 0.107. The Hall–Kier alpha value is -2.46. The van der Waals surface area contributed by atoms with Crippen LogP contribution in [0.15, 0.2) is 54.7 Å². The number of fused-ring (bicyclic) bond motifs is 1. The number of pyridine rings is 1. The second-order valence-electron chi connectivity index (χ2n) is 4.70. The van der Waals surface area contributed by atoms with Gasteiger partial charge >= 0.3 is 0 Å². The Morgan fingerprint density at radius 1 is 1.05 bits per heavy atom. The van der Waals surface area contributed by atoms with E-state index < -0.39 is 0 Å². The van der Waals surface area contributed by atoms with Crippen LogP contribution in [-0.2, 0) is 13.2 Å². The number of aromatic nitrogens is 1. The molecule has 106 valence electrons. The van der Waals surface area contributed by atoms with E-state index in [9.17, 15) is 4.39 Å². The maximum absolute atomic E-state index is 13.7. The number of hydrogen-bond donors (Lipinski definition) is 1. The van der Waals surface area contributed by atoms with Gasteiger partial charge in [-0.15, -0.1) is 0 Å². The van der Waals surface area contributed by atoms with Crippen LogP contribution in [0.2, 0.25) is 0 Å². The van der Waals surface area contributed by atoms with Gasteiger partial charge in [0, 0.05) is 29.3 Å². The number of para-hydroxylation sites is 1. The monoisotopic (exact) mass is 282 g/mol. The van der Waals surface area contributed by atoms with Gasteiger partial charge in [-0.2, -0.15) is 0 Å². The molecule has 0 amide bonds. The first-order valence-electron chi connectivity index (χ1n) is 6.72. The van der Waals surface area contributed by atoms with Crippen LogP contribution in [0.4, 0.5) is 4.39 Å². The molecule has 1 aromatic heterocycles. The summed E-state index contributed by atoms with van der Waals surface area (Å²) in [5.41, 5.74) is 7.83. The minimum Gasteiger partial charge on any atom is -0.488 e. The molecule has 0 aliphatic carbocycles. The second kappa shape index (κ2) is 5.89. The normalized spacial score (nSPS) is 10.8.